The van der Waals surface area contributed by atoms with Crippen molar-refractivity contribution in [3.63, 3.8) is 0 Å². The number of nitrogens with one attached hydrogen (secondary N) is 2. The fourth-order valence-electron chi connectivity index (χ4n) is 11.4. The topological polar surface area (TPSA) is 397 Å². The van der Waals surface area contributed by atoms with Crippen LogP contribution in [0.2, 0.25) is 0 Å². The average Bonchev–Trinajstić information content (AvgIpc) is 0.743. The summed E-state index contributed by atoms with van der Waals surface area (Å²) in [6, 6.07) is -0.522. The number of hydrogen-bond acceptors (Lipinski definition) is 31. The van der Waals surface area contributed by atoms with Crippen molar-refractivity contribution in [3.8, 4) is 0 Å². The monoisotopic (exact) mass is 2620 g/mol. The number of nitrogens with zero attached hydrogens (tertiary/aromatic N) is 10. The molecule has 0 aliphatic carbocycles. The number of ether oxygens (including phenoxy) is 11. The predicted molar refractivity (Wildman–Crippen MR) is 561 cm³/mol. The van der Waals surface area contributed by atoms with E-state index in [-0.39, 0.29) is 189 Å². The Balaban J connectivity index is -0.000000276. The fraction of sp³-hybridized carbons (Fsp3) is 0.816. The number of methoxy groups -OCH3 is 11. The zero-order valence-corrected chi connectivity index (χ0v) is 100. The Hall–Kier alpha value is 1.37. The molecule has 0 aromatic rings. The van der Waals surface area contributed by atoms with Gasteiger partial charge in [0.2, 0.25) is 29.5 Å². The van der Waals surface area contributed by atoms with E-state index >= 15 is 0 Å². The van der Waals surface area contributed by atoms with Crippen molar-refractivity contribution in [2.45, 2.75) is 149 Å². The molecule has 2 N–H and O–H groups in total. The smallest absolute Gasteiger partial charge is 0.742 e. The molecule has 12 amide bonds. The van der Waals surface area contributed by atoms with Gasteiger partial charge in [-0.15, -0.1) is 37.7 Å². The van der Waals surface area contributed by atoms with Crippen molar-refractivity contribution < 1.29 is 171 Å². The summed E-state index contributed by atoms with van der Waals surface area (Å²) in [6.45, 7) is 16.6. The molecule has 8 aliphatic heterocycles. The Morgan fingerprint density at radius 1 is 0.436 bits per heavy atom. The molecule has 776 valence electrons. The van der Waals surface area contributed by atoms with Crippen LogP contribution in [0, 0.1) is 0 Å². The zero-order valence-electron chi connectivity index (χ0n) is 77.0. The second kappa shape index (κ2) is 92.0. The number of carbonyl (C=O) groups is 14. The summed E-state index contributed by atoms with van der Waals surface area (Å²) in [5.74, 6) is -1.04. The van der Waals surface area contributed by atoms with Gasteiger partial charge in [0.1, 0.15) is 6.04 Å². The van der Waals surface area contributed by atoms with Crippen molar-refractivity contribution in [3.05, 3.63) is 0 Å². The molecule has 8 heterocycles. The summed E-state index contributed by atoms with van der Waals surface area (Å²) < 4.78 is 52.1. The van der Waals surface area contributed by atoms with Crippen molar-refractivity contribution >= 4 is 331 Å². The van der Waals surface area contributed by atoms with Crippen molar-refractivity contribution in [2.24, 2.45) is 0 Å². The predicted octanol–water partition coefficient (Wildman–Crippen LogP) is 6.75. The minimum Gasteiger partial charge on any atom is -0.742 e. The normalized spacial score (nSPS) is 19.5. The van der Waals surface area contributed by atoms with Gasteiger partial charge in [0, 0.05) is 271 Å². The molecule has 8 saturated heterocycles. The van der Waals surface area contributed by atoms with E-state index in [0.717, 1.165) is 55.8 Å². The molecule has 2 bridgehead atoms. The van der Waals surface area contributed by atoms with E-state index < -0.39 is 39.6 Å². The number of thioether (sulfide) groups is 1. The van der Waals surface area contributed by atoms with Crippen LogP contribution in [0.3, 0.4) is 0 Å². The molecule has 0 spiro atoms. The van der Waals surface area contributed by atoms with Crippen LogP contribution in [0.15, 0.2) is 0 Å². The van der Waals surface area contributed by atoms with Gasteiger partial charge in [-0.2, -0.15) is 0 Å². The van der Waals surface area contributed by atoms with Crippen LogP contribution in [0.4, 0.5) is 0 Å². The summed E-state index contributed by atoms with van der Waals surface area (Å²) in [5.41, 5.74) is 0. The van der Waals surface area contributed by atoms with Gasteiger partial charge in [0.25, 0.3) is 44.6 Å². The Morgan fingerprint density at radius 3 is 0.910 bits per heavy atom. The van der Waals surface area contributed by atoms with Crippen LogP contribution in [0.1, 0.15) is 98.8 Å². The van der Waals surface area contributed by atoms with Crippen LogP contribution in [-0.4, -0.2) is 428 Å². The van der Waals surface area contributed by atoms with E-state index in [9.17, 15) is 67.1 Å². The van der Waals surface area contributed by atoms with Gasteiger partial charge < -0.3 is 129 Å². The summed E-state index contributed by atoms with van der Waals surface area (Å²) in [6.07, 6.45) is 8.15. The molecule has 37 nitrogen and oxygen atoms in total. The third-order valence-corrected chi connectivity index (χ3v) is 24.5. The maximum atomic E-state index is 12.7. The first-order valence-electron chi connectivity index (χ1n) is 40.2. The minimum absolute atomic E-state index is 0. The number of amides is 12. The third-order valence-electron chi connectivity index (χ3n) is 17.3. The molecular formula is C76H134Br3Cl8I2KN12O25S6. The molecule has 0 saturated carbocycles. The standard InChI is InChI=1S/C15H26N2O5S.C12H20Br2N2O4.C12H20N2O4S2.C12H22N2O4S2.C12H22N2O4.C4H9BrO.C4H6N2O2.C2H4OS.CCl4.CHCl3.CH4.ClH.I2.K/c1-11-13(19)17(8-6-10-22-4)15(23-12(2)18)14(20)16(11)7-5-9-21-3;1-19-7-3-5-15-9(13)12(18)16(6-4-8-20-2)10(14)11(15)17;1-17-7-3-5-13-9(15)12-14(6-4-8-18-2)10(16)11(13)19-20-12;1-17-7-3-5-13-9(15)12(20)14(6-4-8-18-2)10(16)11(13)19;1-17-7-3-5-13-9-12(16)14(10-11(13)15)6-4-8-18-2;1-6-4-2-3-5;7-3-1-5-4(8)2-6-3;1-2(3)4;2-1(3,4)5;2-1(3)4;;;1-2;/h11,15H,5-10H2,1-4H3;9-10H,3-8H2,1-2H3;11-12H,3-8H2,1-2H3;11-12,19-20H,3-8H2,1-2H3;3-10H2,1-2H3;2-4H2,1H3;1-2H2,(H,5,8)(H,6,7);1H3,(H,3,4);;1H;1H4;1H;;/q;;;;;;;;;;;;;+1/p-1. The van der Waals surface area contributed by atoms with Crippen LogP contribution in [-0.2, 0) is 132 Å². The number of rotatable bonds is 44. The van der Waals surface area contributed by atoms with Crippen molar-refractivity contribution in [1.82, 2.24) is 59.6 Å². The number of fused-ring (bicyclic) bond motifs is 3. The quantitative estimate of drug-likeness (QED) is 0.00716. The molecule has 8 unspecified atom stereocenters. The number of thiol groups is 2. The van der Waals surface area contributed by atoms with Crippen LogP contribution in [0.25, 0.3) is 0 Å². The average molecular weight is 2620 g/mol. The molecule has 133 heavy (non-hydrogen) atoms. The fourth-order valence-corrected chi connectivity index (χ4v) is 17.6. The van der Waals surface area contributed by atoms with Crippen LogP contribution >= 0.6 is 237 Å². The largest absolute Gasteiger partial charge is 1.00 e. The molecule has 8 atom stereocenters. The van der Waals surface area contributed by atoms with Gasteiger partial charge in [-0.05, 0) is 84.5 Å². The molecule has 0 aromatic heterocycles. The van der Waals surface area contributed by atoms with Gasteiger partial charge in [0.15, 0.2) is 46.2 Å². The Labute approximate surface area is 946 Å². The third kappa shape index (κ3) is 67.0. The molecule has 0 radical (unpaired) electrons. The van der Waals surface area contributed by atoms with E-state index in [1.807, 2.05) is 0 Å². The first-order chi connectivity index (χ1) is 61.6. The molecule has 57 heteroatoms. The zero-order chi connectivity index (χ0) is 100. The molecular weight excluding hydrogens is 2490 g/mol. The van der Waals surface area contributed by atoms with Crippen LogP contribution in [0.5, 0.6) is 0 Å². The van der Waals surface area contributed by atoms with E-state index in [1.165, 1.54) is 59.9 Å². The second-order valence-electron chi connectivity index (χ2n) is 27.1. The van der Waals surface area contributed by atoms with Gasteiger partial charge in [-0.25, -0.2) is 0 Å². The number of hydrogen-bond donors (Lipinski definition) is 4. The SMILES string of the molecule is C.CC(=O)[S-].COCCCBr.COCCCN1C(=O)C(Br)N(CCCOC)C(=O)C1Br.COCCCN1C(=O)C(S)N(CCCOC)C(=O)C1S.COCCCN1C(=O)C(SC(C)=O)N(CCCOC)C(=O)C1C.COCCCN1C(=O)C2SSC1C(=O)N2CCCOC.COCCCN1CC(=O)N(CCCOC)CC1=O.Cl.ClC(Cl)(Cl)Cl.ClC(Cl)Cl.II.O=C1CNC(=O)CN1.[K+]. The van der Waals surface area contributed by atoms with Gasteiger partial charge in [-0.1, -0.05) is 170 Å². The Morgan fingerprint density at radius 2 is 0.669 bits per heavy atom. The molecule has 8 aliphatic rings. The first-order valence-corrected chi connectivity index (χ1v) is 56.8. The van der Waals surface area contributed by atoms with Gasteiger partial charge in [-0.3, -0.25) is 62.3 Å². The van der Waals surface area contributed by atoms with E-state index in [0.29, 0.717) is 170 Å². The number of halogens is 13. The van der Waals surface area contributed by atoms with Gasteiger partial charge in [0.05, 0.1) is 26.2 Å². The maximum absolute atomic E-state index is 12.7. The first kappa shape index (κ1) is 147. The Kier molecular flexibility index (Phi) is 102. The summed E-state index contributed by atoms with van der Waals surface area (Å²) >= 11 is 61.3. The van der Waals surface area contributed by atoms with E-state index in [1.54, 1.807) is 110 Å². The molecule has 8 fully saturated rings. The summed E-state index contributed by atoms with van der Waals surface area (Å²) in [4.78, 5) is 179. The number of piperazine rings is 6. The maximum Gasteiger partial charge on any atom is 1.00 e. The number of carbonyl (C=O) groups excluding carboxylic acids is 14. The van der Waals surface area contributed by atoms with E-state index in [2.05, 4.69) is 134 Å². The summed E-state index contributed by atoms with van der Waals surface area (Å²) in [5, 5.41) is 2.35. The van der Waals surface area contributed by atoms with Crippen molar-refractivity contribution in [1.29, 1.82) is 0 Å². The van der Waals surface area contributed by atoms with Crippen molar-refractivity contribution in [2.75, 3.05) is 248 Å². The second-order valence-corrected chi connectivity index (χ2v) is 40.2. The number of alkyl halides is 10. The van der Waals surface area contributed by atoms with E-state index in [4.69, 9.17) is 133 Å². The molecule has 8 rings (SSSR count). The summed E-state index contributed by atoms with van der Waals surface area (Å²) in [7, 11) is 20.8. The molecule has 0 aromatic carbocycles. The van der Waals surface area contributed by atoms with Crippen LogP contribution < -0.4 is 62.0 Å². The minimum atomic E-state index is -1.61. The van der Waals surface area contributed by atoms with Gasteiger partial charge >= 0.3 is 51.4 Å². The Bertz CT molecular complexity index is 2970.